The molecule has 1 aromatic rings. The minimum absolute atomic E-state index is 0.00285. The van der Waals surface area contributed by atoms with Crippen molar-refractivity contribution >= 4 is 17.5 Å². The lowest BCUT2D eigenvalue weighted by molar-refractivity contribution is -0.124. The fourth-order valence-electron chi connectivity index (χ4n) is 5.12. The molecule has 4 nitrogen and oxygen atoms in total. The Morgan fingerprint density at radius 2 is 1.58 bits per heavy atom. The smallest absolute Gasteiger partial charge is 0.238 e. The number of nitrogens with zero attached hydrogens (tertiary/aromatic N) is 1. The zero-order valence-electron chi connectivity index (χ0n) is 13.7. The van der Waals surface area contributed by atoms with E-state index in [1.54, 1.807) is 0 Å². The molecule has 2 bridgehead atoms. The summed E-state index contributed by atoms with van der Waals surface area (Å²) in [7, 11) is 0. The van der Waals surface area contributed by atoms with Crippen LogP contribution in [0.2, 0.25) is 0 Å². The maximum atomic E-state index is 13.0. The van der Waals surface area contributed by atoms with Gasteiger partial charge in [0.25, 0.3) is 0 Å². The Kier molecular flexibility index (Phi) is 2.94. The third-order valence-electron chi connectivity index (χ3n) is 6.23. The van der Waals surface area contributed by atoms with Gasteiger partial charge in [-0.1, -0.05) is 19.1 Å². The number of carbonyl (C=O) groups is 2. The van der Waals surface area contributed by atoms with Crippen LogP contribution in [0.1, 0.15) is 19.8 Å². The first-order chi connectivity index (χ1) is 11.7. The molecule has 4 heteroatoms. The summed E-state index contributed by atoms with van der Waals surface area (Å²) in [5, 5.41) is 0. The molecule has 124 valence electrons. The Labute approximate surface area is 141 Å². The lowest BCUT2D eigenvalue weighted by Crippen LogP contribution is -2.40. The van der Waals surface area contributed by atoms with E-state index in [1.807, 2.05) is 24.3 Å². The Balaban J connectivity index is 1.44. The number of benzene rings is 1. The third-order valence-corrected chi connectivity index (χ3v) is 6.23. The zero-order chi connectivity index (χ0) is 16.4. The highest BCUT2D eigenvalue weighted by atomic mass is 16.5. The molecule has 2 amide bonds. The molecule has 0 aromatic heterocycles. The molecule has 5 aliphatic rings. The summed E-state index contributed by atoms with van der Waals surface area (Å²) >= 11 is 0. The summed E-state index contributed by atoms with van der Waals surface area (Å²) in [6, 6.07) is 7.35. The van der Waals surface area contributed by atoms with Crippen LogP contribution in [0.4, 0.5) is 5.69 Å². The minimum atomic E-state index is -0.132. The molecule has 1 aliphatic heterocycles. The number of hydrogen-bond acceptors (Lipinski definition) is 3. The van der Waals surface area contributed by atoms with E-state index in [2.05, 4.69) is 19.1 Å². The molecule has 4 aliphatic carbocycles. The van der Waals surface area contributed by atoms with Gasteiger partial charge in [0.2, 0.25) is 11.8 Å². The van der Waals surface area contributed by atoms with Gasteiger partial charge in [0, 0.05) is 0 Å². The monoisotopic (exact) mass is 323 g/mol. The molecule has 1 saturated heterocycles. The quantitative estimate of drug-likeness (QED) is 0.632. The molecule has 0 radical (unpaired) electrons. The van der Waals surface area contributed by atoms with Gasteiger partial charge in [-0.3, -0.25) is 14.5 Å². The third kappa shape index (κ3) is 1.80. The van der Waals surface area contributed by atoms with Crippen molar-refractivity contribution in [1.82, 2.24) is 0 Å². The maximum Gasteiger partial charge on any atom is 0.238 e. The second-order valence-electron chi connectivity index (χ2n) is 7.51. The Morgan fingerprint density at radius 3 is 2.12 bits per heavy atom. The summed E-state index contributed by atoms with van der Waals surface area (Å²) in [6.07, 6.45) is 6.55. The summed E-state index contributed by atoms with van der Waals surface area (Å²) in [6.45, 7) is 2.73. The molecule has 0 N–H and O–H groups in total. The van der Waals surface area contributed by atoms with Gasteiger partial charge in [-0.25, -0.2) is 0 Å². The number of hydrogen-bond donors (Lipinski definition) is 0. The average molecular weight is 323 g/mol. The first kappa shape index (κ1) is 14.3. The van der Waals surface area contributed by atoms with Crippen LogP contribution in [0.3, 0.4) is 0 Å². The van der Waals surface area contributed by atoms with Crippen molar-refractivity contribution in [3.8, 4) is 5.75 Å². The van der Waals surface area contributed by atoms with Crippen LogP contribution in [-0.2, 0) is 9.59 Å². The second kappa shape index (κ2) is 4.95. The van der Waals surface area contributed by atoms with Crippen molar-refractivity contribution in [3.63, 3.8) is 0 Å². The first-order valence-electron chi connectivity index (χ1n) is 8.99. The molecule has 6 atom stereocenters. The van der Waals surface area contributed by atoms with Crippen LogP contribution in [0, 0.1) is 35.5 Å². The van der Waals surface area contributed by atoms with E-state index in [9.17, 15) is 9.59 Å². The largest absolute Gasteiger partial charge is 0.494 e. The van der Waals surface area contributed by atoms with E-state index in [0.717, 1.165) is 12.2 Å². The fraction of sp³-hybridized carbons (Fsp3) is 0.500. The van der Waals surface area contributed by atoms with Crippen LogP contribution in [-0.4, -0.2) is 18.4 Å². The molecule has 24 heavy (non-hydrogen) atoms. The number of anilines is 1. The lowest BCUT2D eigenvalue weighted by atomic mass is 9.63. The number of allylic oxidation sites excluding steroid dienone is 2. The highest BCUT2D eigenvalue weighted by Gasteiger charge is 2.67. The predicted octanol–water partition coefficient (Wildman–Crippen LogP) is 3.03. The van der Waals surface area contributed by atoms with Crippen LogP contribution >= 0.6 is 0 Å². The van der Waals surface area contributed by atoms with Crippen molar-refractivity contribution in [3.05, 3.63) is 36.4 Å². The first-order valence-corrected chi connectivity index (χ1v) is 8.99. The number of imide groups is 1. The van der Waals surface area contributed by atoms with Crippen molar-refractivity contribution in [1.29, 1.82) is 0 Å². The zero-order valence-corrected chi connectivity index (χ0v) is 13.7. The van der Waals surface area contributed by atoms with E-state index in [-0.39, 0.29) is 35.5 Å². The summed E-state index contributed by atoms with van der Waals surface area (Å²) in [4.78, 5) is 27.4. The van der Waals surface area contributed by atoms with E-state index in [1.165, 1.54) is 11.3 Å². The lowest BCUT2D eigenvalue weighted by Gasteiger charge is -2.37. The fourth-order valence-corrected chi connectivity index (χ4v) is 5.12. The minimum Gasteiger partial charge on any atom is -0.494 e. The number of carbonyl (C=O) groups excluding carboxylic acids is 2. The van der Waals surface area contributed by atoms with Crippen LogP contribution in [0.25, 0.3) is 0 Å². The number of amides is 2. The second-order valence-corrected chi connectivity index (χ2v) is 7.51. The summed E-state index contributed by atoms with van der Waals surface area (Å²) in [5.74, 6) is 2.34. The normalized spacial score (nSPS) is 38.3. The molecular formula is C20H21NO3. The topological polar surface area (TPSA) is 46.6 Å². The van der Waals surface area contributed by atoms with Gasteiger partial charge in [0.05, 0.1) is 24.1 Å². The molecule has 0 spiro atoms. The van der Waals surface area contributed by atoms with Crippen molar-refractivity contribution in [2.45, 2.75) is 19.8 Å². The molecule has 1 aromatic carbocycles. The highest BCUT2D eigenvalue weighted by molar-refractivity contribution is 6.22. The van der Waals surface area contributed by atoms with Gasteiger partial charge in [0.1, 0.15) is 5.75 Å². The molecule has 0 unspecified atom stereocenters. The van der Waals surface area contributed by atoms with Crippen molar-refractivity contribution in [2.75, 3.05) is 11.5 Å². The van der Waals surface area contributed by atoms with Crippen molar-refractivity contribution < 1.29 is 14.3 Å². The molecule has 6 rings (SSSR count). The Bertz CT molecular complexity index is 702. The number of rotatable bonds is 4. The molecule has 2 saturated carbocycles. The van der Waals surface area contributed by atoms with Gasteiger partial charge in [-0.2, -0.15) is 0 Å². The van der Waals surface area contributed by atoms with E-state index < -0.39 is 0 Å². The van der Waals surface area contributed by atoms with Crippen LogP contribution in [0.15, 0.2) is 36.4 Å². The van der Waals surface area contributed by atoms with Crippen LogP contribution in [0.5, 0.6) is 5.75 Å². The molecular weight excluding hydrogens is 302 g/mol. The van der Waals surface area contributed by atoms with Gasteiger partial charge in [-0.15, -0.1) is 0 Å². The summed E-state index contributed by atoms with van der Waals surface area (Å²) < 4.78 is 5.59. The van der Waals surface area contributed by atoms with Gasteiger partial charge in [-0.05, 0) is 60.8 Å². The number of ether oxygens (including phenoxy) is 1. The van der Waals surface area contributed by atoms with E-state index in [4.69, 9.17) is 4.74 Å². The SMILES string of the molecule is CCCOc1ccc(N2C(=O)[C@@H]3[C@H]4C=C[C@@H]([C@@H]5C[C@@H]45)[C@H]3C2=O)cc1. The summed E-state index contributed by atoms with van der Waals surface area (Å²) in [5.41, 5.74) is 0.677. The van der Waals surface area contributed by atoms with Crippen molar-refractivity contribution in [2.24, 2.45) is 35.5 Å². The van der Waals surface area contributed by atoms with Gasteiger partial charge < -0.3 is 4.74 Å². The van der Waals surface area contributed by atoms with Crippen LogP contribution < -0.4 is 9.64 Å². The Morgan fingerprint density at radius 1 is 1.00 bits per heavy atom. The maximum absolute atomic E-state index is 13.0. The predicted molar refractivity (Wildman–Crippen MR) is 89.4 cm³/mol. The Hall–Kier alpha value is -2.10. The average Bonchev–Trinajstić information content (AvgIpc) is 3.38. The molecule has 3 fully saturated rings. The van der Waals surface area contributed by atoms with Gasteiger partial charge >= 0.3 is 0 Å². The van der Waals surface area contributed by atoms with Gasteiger partial charge in [0.15, 0.2) is 0 Å². The standard InChI is InChI=1S/C20H21NO3/c1-2-9-24-12-5-3-11(4-6-12)21-19(22)17-13-7-8-14(16-10-15(13)16)18(17)20(21)23/h3-8,13-18H,2,9-10H2,1H3/t13-,14-,15-,16-,17+,18+/m0/s1. The van der Waals surface area contributed by atoms with E-state index in [0.29, 0.717) is 24.1 Å². The van der Waals surface area contributed by atoms with E-state index >= 15 is 0 Å². The molecule has 1 heterocycles. The highest BCUT2D eigenvalue weighted by Crippen LogP contribution is 2.65.